The lowest BCUT2D eigenvalue weighted by molar-refractivity contribution is -0.149. The maximum Gasteiger partial charge on any atom is 0.326 e. The van der Waals surface area contributed by atoms with Crippen molar-refractivity contribution in [2.75, 3.05) is 5.75 Å². The van der Waals surface area contributed by atoms with E-state index in [9.17, 15) is 23.1 Å². The highest BCUT2D eigenvalue weighted by Crippen LogP contribution is 2.40. The molecule has 1 saturated heterocycles. The molecule has 6 nitrogen and oxygen atoms in total. The van der Waals surface area contributed by atoms with Crippen LogP contribution in [0.25, 0.3) is 0 Å². The maximum atomic E-state index is 12.7. The van der Waals surface area contributed by atoms with Gasteiger partial charge in [-0.15, -0.1) is 0 Å². The molecular weight excluding hydrogens is 354 g/mol. The minimum Gasteiger partial charge on any atom is -0.480 e. The van der Waals surface area contributed by atoms with E-state index in [0.29, 0.717) is 6.42 Å². The minimum atomic E-state index is -3.56. The molecule has 142 valence electrons. The van der Waals surface area contributed by atoms with Gasteiger partial charge in [-0.25, -0.2) is 13.2 Å². The fraction of sp³-hybridized carbons (Fsp3) is 0.579. The Balaban J connectivity index is 1.71. The Morgan fingerprint density at radius 3 is 2.46 bits per heavy atom. The van der Waals surface area contributed by atoms with Gasteiger partial charge in [0.05, 0.1) is 10.6 Å². The first-order valence-electron chi connectivity index (χ1n) is 9.13. The Bertz CT molecular complexity index is 787. The van der Waals surface area contributed by atoms with Crippen molar-refractivity contribution in [2.45, 2.75) is 62.4 Å². The van der Waals surface area contributed by atoms with Gasteiger partial charge in [0.25, 0.3) is 0 Å². The highest BCUT2D eigenvalue weighted by molar-refractivity contribution is 7.91. The number of nitrogens with zero attached hydrogens (tertiary/aromatic N) is 1. The number of sulfone groups is 1. The van der Waals surface area contributed by atoms with E-state index in [0.717, 1.165) is 31.2 Å². The zero-order valence-electron chi connectivity index (χ0n) is 14.9. The summed E-state index contributed by atoms with van der Waals surface area (Å²) in [5.41, 5.74) is 0.963. The third-order valence-corrected chi connectivity index (χ3v) is 7.36. The predicted molar refractivity (Wildman–Crippen MR) is 96.5 cm³/mol. The zero-order valence-corrected chi connectivity index (χ0v) is 15.7. The largest absolute Gasteiger partial charge is 0.480 e. The molecular formula is C19H25NO5S. The Morgan fingerprint density at radius 2 is 1.81 bits per heavy atom. The number of carboxylic acids is 1. The van der Waals surface area contributed by atoms with Crippen molar-refractivity contribution in [3.8, 4) is 0 Å². The van der Waals surface area contributed by atoms with Gasteiger partial charge in [-0.05, 0) is 44.2 Å². The number of rotatable bonds is 5. The molecule has 0 spiro atoms. The number of likely N-dealkylation sites (tertiary alicyclic amines) is 1. The van der Waals surface area contributed by atoms with Crippen LogP contribution in [0.4, 0.5) is 0 Å². The van der Waals surface area contributed by atoms with Gasteiger partial charge in [-0.3, -0.25) is 4.79 Å². The van der Waals surface area contributed by atoms with E-state index in [4.69, 9.17) is 0 Å². The van der Waals surface area contributed by atoms with E-state index < -0.39 is 21.8 Å². The summed E-state index contributed by atoms with van der Waals surface area (Å²) in [6.07, 6.45) is 4.11. The monoisotopic (exact) mass is 379 g/mol. The van der Waals surface area contributed by atoms with Gasteiger partial charge < -0.3 is 10.0 Å². The Kier molecular flexibility index (Phi) is 5.37. The molecule has 1 aromatic rings. The van der Waals surface area contributed by atoms with Gasteiger partial charge in [0, 0.05) is 12.5 Å². The summed E-state index contributed by atoms with van der Waals surface area (Å²) >= 11 is 0. The summed E-state index contributed by atoms with van der Waals surface area (Å²) in [5.74, 6) is -1.42. The lowest BCUT2D eigenvalue weighted by Gasteiger charge is -2.33. The van der Waals surface area contributed by atoms with Crippen LogP contribution in [0.5, 0.6) is 0 Å². The summed E-state index contributed by atoms with van der Waals surface area (Å²) in [6.45, 7) is 1.87. The summed E-state index contributed by atoms with van der Waals surface area (Å²) in [4.78, 5) is 26.0. The molecule has 26 heavy (non-hydrogen) atoms. The van der Waals surface area contributed by atoms with Crippen LogP contribution in [0.3, 0.4) is 0 Å². The molecule has 1 heterocycles. The molecule has 1 N–H and O–H groups in total. The first kappa shape index (κ1) is 18.9. The van der Waals surface area contributed by atoms with Gasteiger partial charge in [0.2, 0.25) is 5.91 Å². The minimum absolute atomic E-state index is 0.0561. The van der Waals surface area contributed by atoms with Crippen molar-refractivity contribution >= 4 is 21.7 Å². The molecule has 2 aliphatic rings. The van der Waals surface area contributed by atoms with Gasteiger partial charge in [-0.1, -0.05) is 30.5 Å². The number of aryl methyl sites for hydroxylation is 1. The number of carboxylic acid groups (broad SMARTS) is 1. The zero-order chi connectivity index (χ0) is 18.9. The average molecular weight is 379 g/mol. The lowest BCUT2D eigenvalue weighted by atomic mass is 9.84. The first-order chi connectivity index (χ1) is 12.3. The number of benzene rings is 1. The summed E-state index contributed by atoms with van der Waals surface area (Å²) in [6, 6.07) is 5.66. The number of fused-ring (bicyclic) bond motifs is 1. The van der Waals surface area contributed by atoms with E-state index in [2.05, 4.69) is 0 Å². The third kappa shape index (κ3) is 3.77. The Hall–Kier alpha value is -1.89. The van der Waals surface area contributed by atoms with Crippen molar-refractivity contribution in [2.24, 2.45) is 5.92 Å². The molecule has 2 fully saturated rings. The van der Waals surface area contributed by atoms with E-state index in [-0.39, 0.29) is 34.9 Å². The van der Waals surface area contributed by atoms with Crippen LogP contribution in [-0.4, -0.2) is 48.1 Å². The number of aliphatic carboxylic acids is 1. The SMILES string of the molecule is Cc1ccc(S(=O)(=O)CCC(=O)N2C(C(=O)O)CC3CCCCC32)cc1. The Morgan fingerprint density at radius 1 is 1.15 bits per heavy atom. The van der Waals surface area contributed by atoms with Crippen molar-refractivity contribution in [1.29, 1.82) is 0 Å². The van der Waals surface area contributed by atoms with E-state index in [1.165, 1.54) is 4.90 Å². The highest BCUT2D eigenvalue weighted by atomic mass is 32.2. The normalized spacial score (nSPS) is 25.7. The maximum absolute atomic E-state index is 12.7. The van der Waals surface area contributed by atoms with Gasteiger partial charge in [0.1, 0.15) is 6.04 Å². The van der Waals surface area contributed by atoms with E-state index >= 15 is 0 Å². The smallest absolute Gasteiger partial charge is 0.326 e. The van der Waals surface area contributed by atoms with Crippen LogP contribution in [-0.2, 0) is 19.4 Å². The van der Waals surface area contributed by atoms with Gasteiger partial charge >= 0.3 is 5.97 Å². The van der Waals surface area contributed by atoms with Crippen molar-refractivity contribution in [3.05, 3.63) is 29.8 Å². The molecule has 7 heteroatoms. The fourth-order valence-corrected chi connectivity index (χ4v) is 5.48. The molecule has 0 bridgehead atoms. The molecule has 3 unspecified atom stereocenters. The summed E-state index contributed by atoms with van der Waals surface area (Å²) in [5, 5.41) is 9.50. The second kappa shape index (κ2) is 7.39. The van der Waals surface area contributed by atoms with Gasteiger partial charge in [-0.2, -0.15) is 0 Å². The number of amides is 1. The summed E-state index contributed by atoms with van der Waals surface area (Å²) < 4.78 is 24.9. The van der Waals surface area contributed by atoms with Crippen LogP contribution >= 0.6 is 0 Å². The fourth-order valence-electron chi connectivity index (χ4n) is 4.25. The average Bonchev–Trinajstić information content (AvgIpc) is 3.00. The predicted octanol–water partition coefficient (Wildman–Crippen LogP) is 2.40. The third-order valence-electron chi connectivity index (χ3n) is 5.63. The first-order valence-corrected chi connectivity index (χ1v) is 10.8. The van der Waals surface area contributed by atoms with Crippen LogP contribution in [0.2, 0.25) is 0 Å². The molecule has 3 rings (SSSR count). The quantitative estimate of drug-likeness (QED) is 0.848. The van der Waals surface area contributed by atoms with E-state index in [1.807, 2.05) is 6.92 Å². The van der Waals surface area contributed by atoms with Crippen molar-refractivity contribution < 1.29 is 23.1 Å². The van der Waals surface area contributed by atoms with E-state index in [1.54, 1.807) is 24.3 Å². The number of carbonyl (C=O) groups is 2. The van der Waals surface area contributed by atoms with Crippen molar-refractivity contribution in [1.82, 2.24) is 4.90 Å². The standard InChI is InChI=1S/C19H25NO5S/c1-13-6-8-15(9-7-13)26(24,25)11-10-18(21)20-16-5-3-2-4-14(16)12-17(20)19(22)23/h6-9,14,16-17H,2-5,10-12H2,1H3,(H,22,23). The van der Waals surface area contributed by atoms with Crippen LogP contribution in [0, 0.1) is 12.8 Å². The molecule has 1 aliphatic heterocycles. The van der Waals surface area contributed by atoms with Gasteiger partial charge in [0.15, 0.2) is 9.84 Å². The molecule has 3 atom stereocenters. The molecule has 1 amide bonds. The molecule has 1 aromatic carbocycles. The van der Waals surface area contributed by atoms with Crippen LogP contribution in [0.15, 0.2) is 29.2 Å². The topological polar surface area (TPSA) is 91.8 Å². The molecule has 0 aromatic heterocycles. The highest BCUT2D eigenvalue weighted by Gasteiger charge is 2.47. The van der Waals surface area contributed by atoms with Crippen LogP contribution in [0.1, 0.15) is 44.1 Å². The van der Waals surface area contributed by atoms with Crippen molar-refractivity contribution in [3.63, 3.8) is 0 Å². The summed E-state index contributed by atoms with van der Waals surface area (Å²) in [7, 11) is -3.56. The number of hydrogen-bond donors (Lipinski definition) is 1. The second-order valence-electron chi connectivity index (χ2n) is 7.38. The second-order valence-corrected chi connectivity index (χ2v) is 9.49. The van der Waals surface area contributed by atoms with Crippen LogP contribution < -0.4 is 0 Å². The Labute approximate surface area is 154 Å². The molecule has 0 radical (unpaired) electrons. The number of hydrogen-bond acceptors (Lipinski definition) is 4. The lowest BCUT2D eigenvalue weighted by Crippen LogP contribution is -2.46. The molecule has 1 saturated carbocycles. The number of carbonyl (C=O) groups excluding carboxylic acids is 1. The molecule has 1 aliphatic carbocycles.